The number of nitrogens with one attached hydrogen (secondary N) is 2. The van der Waals surface area contributed by atoms with E-state index in [4.69, 9.17) is 0 Å². The number of aromatic nitrogens is 4. The summed E-state index contributed by atoms with van der Waals surface area (Å²) >= 11 is 1.42. The van der Waals surface area contributed by atoms with Gasteiger partial charge in [-0.25, -0.2) is 14.1 Å². The average molecular weight is 463 g/mol. The van der Waals surface area contributed by atoms with Crippen molar-refractivity contribution >= 4 is 33.8 Å². The van der Waals surface area contributed by atoms with Gasteiger partial charge in [0.15, 0.2) is 5.82 Å². The lowest BCUT2D eigenvalue weighted by Gasteiger charge is -2.14. The van der Waals surface area contributed by atoms with E-state index in [2.05, 4.69) is 25.7 Å². The summed E-state index contributed by atoms with van der Waals surface area (Å²) in [6, 6.07) is 7.70. The molecule has 3 aromatic heterocycles. The van der Waals surface area contributed by atoms with Gasteiger partial charge >= 0.3 is 0 Å². The number of pyridine rings is 1. The zero-order valence-electron chi connectivity index (χ0n) is 17.4. The van der Waals surface area contributed by atoms with Crippen LogP contribution >= 0.6 is 11.3 Å². The minimum absolute atomic E-state index is 0.225. The molecule has 0 fully saturated rings. The molecule has 5 rings (SSSR count). The largest absolute Gasteiger partial charge is 0.322 e. The molecular weight excluding hydrogens is 443 g/mol. The predicted molar refractivity (Wildman–Crippen MR) is 122 cm³/mol. The van der Waals surface area contributed by atoms with Crippen LogP contribution in [0.25, 0.3) is 5.69 Å². The minimum atomic E-state index is -0.546. The smallest absolute Gasteiger partial charge is 0.258 e. The number of hydrogen-bond acceptors (Lipinski definition) is 6. The molecule has 1 aliphatic rings. The summed E-state index contributed by atoms with van der Waals surface area (Å²) in [5.74, 6) is -1.27. The summed E-state index contributed by atoms with van der Waals surface area (Å²) in [6.45, 7) is 0. The highest BCUT2D eigenvalue weighted by atomic mass is 32.1. The van der Waals surface area contributed by atoms with Gasteiger partial charge in [-0.2, -0.15) is 5.10 Å². The number of nitrogens with zero attached hydrogens (tertiary/aromatic N) is 4. The SMILES string of the molecule is O=C(Nc1sc2c(c1C(=O)Nc1ccc(-n3cncn3)c(F)c1)CCCC2)c1cccnc1. The summed E-state index contributed by atoms with van der Waals surface area (Å²) in [7, 11) is 0. The molecule has 2 N–H and O–H groups in total. The van der Waals surface area contributed by atoms with Crippen molar-refractivity contribution in [3.05, 3.63) is 82.8 Å². The van der Waals surface area contributed by atoms with Crippen molar-refractivity contribution in [3.8, 4) is 5.69 Å². The lowest BCUT2D eigenvalue weighted by molar-refractivity contribution is 0.102. The van der Waals surface area contributed by atoms with Crippen LogP contribution in [0.2, 0.25) is 0 Å². The van der Waals surface area contributed by atoms with Crippen LogP contribution < -0.4 is 10.6 Å². The van der Waals surface area contributed by atoms with Gasteiger partial charge in [0.25, 0.3) is 11.8 Å². The van der Waals surface area contributed by atoms with E-state index in [1.54, 1.807) is 24.4 Å². The van der Waals surface area contributed by atoms with E-state index in [0.717, 1.165) is 36.1 Å². The van der Waals surface area contributed by atoms with Gasteiger partial charge in [0.1, 0.15) is 23.3 Å². The monoisotopic (exact) mass is 462 g/mol. The zero-order valence-corrected chi connectivity index (χ0v) is 18.2. The molecule has 10 heteroatoms. The van der Waals surface area contributed by atoms with Gasteiger partial charge < -0.3 is 10.6 Å². The number of anilines is 2. The molecule has 3 heterocycles. The third-order valence-corrected chi connectivity index (χ3v) is 6.63. The number of benzene rings is 1. The molecule has 0 aliphatic heterocycles. The second-order valence-corrected chi connectivity index (χ2v) is 8.68. The molecule has 166 valence electrons. The molecular formula is C23H19FN6O2S. The third kappa shape index (κ3) is 4.24. The third-order valence-electron chi connectivity index (χ3n) is 5.42. The van der Waals surface area contributed by atoms with Gasteiger partial charge in [0.2, 0.25) is 0 Å². The predicted octanol–water partition coefficient (Wildman–Crippen LogP) is 4.25. The fourth-order valence-corrected chi connectivity index (χ4v) is 5.14. The molecule has 8 nitrogen and oxygen atoms in total. The van der Waals surface area contributed by atoms with Crippen LogP contribution in [0, 0.1) is 5.82 Å². The van der Waals surface area contributed by atoms with Crippen LogP contribution in [-0.4, -0.2) is 31.6 Å². The van der Waals surface area contributed by atoms with Gasteiger partial charge in [0, 0.05) is 23.0 Å². The molecule has 0 saturated heterocycles. The Labute approximate surface area is 192 Å². The van der Waals surface area contributed by atoms with E-state index in [1.165, 1.54) is 47.0 Å². The molecule has 0 saturated carbocycles. The Kier molecular flexibility index (Phi) is 5.66. The van der Waals surface area contributed by atoms with Crippen molar-refractivity contribution in [2.24, 2.45) is 0 Å². The van der Waals surface area contributed by atoms with Crippen LogP contribution in [0.4, 0.5) is 15.1 Å². The molecule has 0 radical (unpaired) electrons. The molecule has 0 unspecified atom stereocenters. The standard InChI is InChI=1S/C23H19FN6O2S/c24-17-10-15(7-8-18(17)30-13-26-12-27-30)28-22(32)20-16-5-1-2-6-19(16)33-23(20)29-21(31)14-4-3-9-25-11-14/h3-4,7-13H,1-2,5-6H2,(H,28,32)(H,29,31). The number of fused-ring (bicyclic) bond motifs is 1. The lowest BCUT2D eigenvalue weighted by atomic mass is 9.95. The number of thiophene rings is 1. The number of rotatable bonds is 5. The summed E-state index contributed by atoms with van der Waals surface area (Å²) < 4.78 is 15.9. The van der Waals surface area contributed by atoms with Crippen molar-refractivity contribution in [2.45, 2.75) is 25.7 Å². The number of amides is 2. The molecule has 0 atom stereocenters. The van der Waals surface area contributed by atoms with Gasteiger partial charge in [-0.3, -0.25) is 14.6 Å². The number of halogens is 1. The van der Waals surface area contributed by atoms with E-state index >= 15 is 0 Å². The van der Waals surface area contributed by atoms with E-state index in [0.29, 0.717) is 21.8 Å². The van der Waals surface area contributed by atoms with E-state index in [1.807, 2.05) is 0 Å². The Hall–Kier alpha value is -3.92. The van der Waals surface area contributed by atoms with Gasteiger partial charge in [-0.1, -0.05) is 0 Å². The Morgan fingerprint density at radius 1 is 1.06 bits per heavy atom. The molecule has 4 aromatic rings. The zero-order chi connectivity index (χ0) is 22.8. The highest BCUT2D eigenvalue weighted by molar-refractivity contribution is 7.17. The normalized spacial score (nSPS) is 12.8. The minimum Gasteiger partial charge on any atom is -0.322 e. The van der Waals surface area contributed by atoms with Crippen molar-refractivity contribution in [1.29, 1.82) is 0 Å². The van der Waals surface area contributed by atoms with E-state index < -0.39 is 5.82 Å². The quantitative estimate of drug-likeness (QED) is 0.462. The van der Waals surface area contributed by atoms with Gasteiger partial charge in [-0.05, 0) is 61.6 Å². The van der Waals surface area contributed by atoms with Crippen molar-refractivity contribution in [2.75, 3.05) is 10.6 Å². The molecule has 0 spiro atoms. The van der Waals surface area contributed by atoms with Crippen LogP contribution in [0.3, 0.4) is 0 Å². The first-order chi connectivity index (χ1) is 16.1. The van der Waals surface area contributed by atoms with E-state index in [9.17, 15) is 14.0 Å². The summed E-state index contributed by atoms with van der Waals surface area (Å²) in [4.78, 5) is 34.9. The first kappa shape index (κ1) is 21.0. The first-order valence-electron chi connectivity index (χ1n) is 10.4. The van der Waals surface area contributed by atoms with Crippen molar-refractivity contribution in [1.82, 2.24) is 19.7 Å². The highest BCUT2D eigenvalue weighted by Gasteiger charge is 2.27. The van der Waals surface area contributed by atoms with Gasteiger partial charge in [-0.15, -0.1) is 11.3 Å². The average Bonchev–Trinajstić information content (AvgIpc) is 3.47. The topological polar surface area (TPSA) is 102 Å². The van der Waals surface area contributed by atoms with Crippen molar-refractivity contribution in [3.63, 3.8) is 0 Å². The van der Waals surface area contributed by atoms with Crippen molar-refractivity contribution < 1.29 is 14.0 Å². The number of carbonyl (C=O) groups is 2. The Bertz CT molecular complexity index is 1320. The Balaban J connectivity index is 1.43. The Morgan fingerprint density at radius 2 is 1.94 bits per heavy atom. The fourth-order valence-electron chi connectivity index (χ4n) is 3.86. The number of carbonyl (C=O) groups excluding carboxylic acids is 2. The van der Waals surface area contributed by atoms with Gasteiger partial charge in [0.05, 0.1) is 11.1 Å². The van der Waals surface area contributed by atoms with E-state index in [-0.39, 0.29) is 17.5 Å². The highest BCUT2D eigenvalue weighted by Crippen LogP contribution is 2.39. The maximum absolute atomic E-state index is 14.6. The molecule has 33 heavy (non-hydrogen) atoms. The molecule has 0 bridgehead atoms. The van der Waals surface area contributed by atoms with Crippen LogP contribution in [0.5, 0.6) is 0 Å². The fraction of sp³-hybridized carbons (Fsp3) is 0.174. The second-order valence-electron chi connectivity index (χ2n) is 7.57. The molecule has 1 aromatic carbocycles. The second kappa shape index (κ2) is 8.91. The summed E-state index contributed by atoms with van der Waals surface area (Å²) in [5, 5.41) is 10.1. The maximum Gasteiger partial charge on any atom is 0.258 e. The number of hydrogen-bond donors (Lipinski definition) is 2. The van der Waals surface area contributed by atoms with Crippen LogP contribution in [0.15, 0.2) is 55.4 Å². The lowest BCUT2D eigenvalue weighted by Crippen LogP contribution is -2.19. The molecule has 2 amide bonds. The van der Waals surface area contributed by atoms with Crippen LogP contribution in [0.1, 0.15) is 44.0 Å². The summed E-state index contributed by atoms with van der Waals surface area (Å²) in [6.07, 6.45) is 9.42. The van der Waals surface area contributed by atoms with Crippen LogP contribution in [-0.2, 0) is 12.8 Å². The summed E-state index contributed by atoms with van der Waals surface area (Å²) in [5.41, 5.74) is 2.32. The maximum atomic E-state index is 14.6. The Morgan fingerprint density at radius 3 is 2.70 bits per heavy atom. The first-order valence-corrected chi connectivity index (χ1v) is 11.2. The molecule has 1 aliphatic carbocycles. The number of aryl methyl sites for hydroxylation is 1.